The molecule has 1 amide bonds. The number of ether oxygens (including phenoxy) is 2. The molecule has 0 saturated heterocycles. The SMILES string of the molecule is CCOc1cc(C=NNc2ccccc2Cl)ccc1OCC(=O)Nc1ccccc1. The highest BCUT2D eigenvalue weighted by Crippen LogP contribution is 2.28. The van der Waals surface area contributed by atoms with Crippen molar-refractivity contribution in [2.24, 2.45) is 5.10 Å². The van der Waals surface area contributed by atoms with E-state index < -0.39 is 0 Å². The molecule has 154 valence electrons. The minimum Gasteiger partial charge on any atom is -0.490 e. The number of para-hydroxylation sites is 2. The second-order valence-corrected chi connectivity index (χ2v) is 6.60. The second kappa shape index (κ2) is 10.9. The van der Waals surface area contributed by atoms with Crippen molar-refractivity contribution < 1.29 is 14.3 Å². The maximum atomic E-state index is 12.1. The van der Waals surface area contributed by atoms with E-state index in [1.54, 1.807) is 24.4 Å². The van der Waals surface area contributed by atoms with Crippen LogP contribution in [0, 0.1) is 0 Å². The molecule has 0 bridgehead atoms. The number of carbonyl (C=O) groups excluding carboxylic acids is 1. The van der Waals surface area contributed by atoms with Gasteiger partial charge in [0.25, 0.3) is 5.91 Å². The van der Waals surface area contributed by atoms with Crippen molar-refractivity contribution in [2.45, 2.75) is 6.92 Å². The molecule has 0 fully saturated rings. The van der Waals surface area contributed by atoms with Gasteiger partial charge in [-0.05, 0) is 55.0 Å². The molecule has 3 aromatic carbocycles. The van der Waals surface area contributed by atoms with E-state index in [1.807, 2.05) is 61.5 Å². The molecule has 0 saturated carbocycles. The monoisotopic (exact) mass is 423 g/mol. The average Bonchev–Trinajstić information content (AvgIpc) is 2.75. The number of benzene rings is 3. The lowest BCUT2D eigenvalue weighted by atomic mass is 10.2. The number of nitrogens with zero attached hydrogens (tertiary/aromatic N) is 1. The van der Waals surface area contributed by atoms with Crippen LogP contribution in [0.3, 0.4) is 0 Å². The van der Waals surface area contributed by atoms with Gasteiger partial charge in [0, 0.05) is 5.69 Å². The van der Waals surface area contributed by atoms with Gasteiger partial charge >= 0.3 is 0 Å². The van der Waals surface area contributed by atoms with Crippen molar-refractivity contribution in [3.05, 3.63) is 83.4 Å². The van der Waals surface area contributed by atoms with Crippen molar-refractivity contribution in [1.82, 2.24) is 0 Å². The molecule has 0 aliphatic heterocycles. The van der Waals surface area contributed by atoms with Crippen molar-refractivity contribution in [1.29, 1.82) is 0 Å². The van der Waals surface area contributed by atoms with E-state index in [1.165, 1.54) is 0 Å². The summed E-state index contributed by atoms with van der Waals surface area (Å²) < 4.78 is 11.3. The standard InChI is InChI=1S/C23H22ClN3O3/c1-2-29-22-14-17(15-25-27-20-11-7-6-10-19(20)24)12-13-21(22)30-16-23(28)26-18-8-4-3-5-9-18/h3-15,27H,2,16H2,1H3,(H,26,28). The molecule has 0 unspecified atom stereocenters. The van der Waals surface area contributed by atoms with Gasteiger partial charge < -0.3 is 14.8 Å². The Kier molecular flexibility index (Phi) is 7.69. The first kappa shape index (κ1) is 21.2. The Morgan fingerprint density at radius 3 is 2.53 bits per heavy atom. The number of anilines is 2. The summed E-state index contributed by atoms with van der Waals surface area (Å²) >= 11 is 6.10. The number of rotatable bonds is 9. The normalized spacial score (nSPS) is 10.6. The van der Waals surface area contributed by atoms with E-state index >= 15 is 0 Å². The lowest BCUT2D eigenvalue weighted by Gasteiger charge is -2.12. The first-order valence-electron chi connectivity index (χ1n) is 9.44. The predicted octanol–water partition coefficient (Wildman–Crippen LogP) is 5.20. The zero-order valence-corrected chi connectivity index (χ0v) is 17.2. The van der Waals surface area contributed by atoms with E-state index in [-0.39, 0.29) is 12.5 Å². The molecule has 7 heteroatoms. The summed E-state index contributed by atoms with van der Waals surface area (Å²) in [6, 6.07) is 21.9. The van der Waals surface area contributed by atoms with E-state index in [9.17, 15) is 4.79 Å². The van der Waals surface area contributed by atoms with Gasteiger partial charge in [-0.15, -0.1) is 0 Å². The molecule has 0 aromatic heterocycles. The highest BCUT2D eigenvalue weighted by atomic mass is 35.5. The molecule has 2 N–H and O–H groups in total. The van der Waals surface area contributed by atoms with Crippen LogP contribution in [0.5, 0.6) is 11.5 Å². The Bertz CT molecular complexity index is 1010. The maximum absolute atomic E-state index is 12.1. The minimum atomic E-state index is -0.252. The van der Waals surface area contributed by atoms with E-state index in [0.29, 0.717) is 34.5 Å². The summed E-state index contributed by atoms with van der Waals surface area (Å²) in [7, 11) is 0. The van der Waals surface area contributed by atoms with Gasteiger partial charge in [-0.1, -0.05) is 41.9 Å². The molecule has 0 aliphatic carbocycles. The van der Waals surface area contributed by atoms with E-state index in [2.05, 4.69) is 15.8 Å². The fourth-order valence-corrected chi connectivity index (χ4v) is 2.76. The third-order valence-electron chi connectivity index (χ3n) is 3.96. The molecule has 3 aromatic rings. The van der Waals surface area contributed by atoms with Crippen LogP contribution in [-0.2, 0) is 4.79 Å². The van der Waals surface area contributed by atoms with Crippen LogP contribution in [0.1, 0.15) is 12.5 Å². The molecular formula is C23H22ClN3O3. The lowest BCUT2D eigenvalue weighted by molar-refractivity contribution is -0.118. The largest absolute Gasteiger partial charge is 0.490 e. The summed E-state index contributed by atoms with van der Waals surface area (Å²) in [6.07, 6.45) is 1.65. The average molecular weight is 424 g/mol. The molecule has 0 spiro atoms. The maximum Gasteiger partial charge on any atom is 0.262 e. The van der Waals surface area contributed by atoms with Gasteiger partial charge in [0.1, 0.15) is 0 Å². The van der Waals surface area contributed by atoms with Crippen molar-refractivity contribution >= 4 is 35.1 Å². The highest BCUT2D eigenvalue weighted by molar-refractivity contribution is 6.33. The molecule has 0 atom stereocenters. The number of hydrazone groups is 1. The Morgan fingerprint density at radius 2 is 1.77 bits per heavy atom. The molecule has 6 nitrogen and oxygen atoms in total. The fraction of sp³-hybridized carbons (Fsp3) is 0.130. The van der Waals surface area contributed by atoms with Gasteiger partial charge in [-0.25, -0.2) is 0 Å². The third-order valence-corrected chi connectivity index (χ3v) is 4.29. The molecule has 0 heterocycles. The summed E-state index contributed by atoms with van der Waals surface area (Å²) in [5.74, 6) is 0.765. The van der Waals surface area contributed by atoms with Crippen LogP contribution in [0.15, 0.2) is 77.9 Å². The second-order valence-electron chi connectivity index (χ2n) is 6.19. The van der Waals surface area contributed by atoms with Crippen molar-refractivity contribution in [3.63, 3.8) is 0 Å². The summed E-state index contributed by atoms with van der Waals surface area (Å²) in [5, 5.41) is 7.57. The highest BCUT2D eigenvalue weighted by Gasteiger charge is 2.09. The van der Waals surface area contributed by atoms with Crippen molar-refractivity contribution in [3.8, 4) is 11.5 Å². The topological polar surface area (TPSA) is 71.9 Å². The Balaban J connectivity index is 1.62. The predicted molar refractivity (Wildman–Crippen MR) is 121 cm³/mol. The molecule has 0 aliphatic rings. The Labute approximate surface area is 180 Å². The summed E-state index contributed by atoms with van der Waals surface area (Å²) in [5.41, 5.74) is 5.14. The minimum absolute atomic E-state index is 0.129. The zero-order valence-electron chi connectivity index (χ0n) is 16.5. The molecule has 3 rings (SSSR count). The van der Waals surface area contributed by atoms with Crippen LogP contribution in [0.2, 0.25) is 5.02 Å². The zero-order chi connectivity index (χ0) is 21.2. The van der Waals surface area contributed by atoms with Crippen LogP contribution >= 0.6 is 11.6 Å². The van der Waals surface area contributed by atoms with Crippen LogP contribution in [0.25, 0.3) is 0 Å². The number of halogens is 1. The molecule has 30 heavy (non-hydrogen) atoms. The van der Waals surface area contributed by atoms with Crippen LogP contribution in [0.4, 0.5) is 11.4 Å². The van der Waals surface area contributed by atoms with E-state index in [4.69, 9.17) is 21.1 Å². The quantitative estimate of drug-likeness (QED) is 0.366. The number of amides is 1. The smallest absolute Gasteiger partial charge is 0.262 e. The molecule has 0 radical (unpaired) electrons. The van der Waals surface area contributed by atoms with Gasteiger partial charge in [-0.3, -0.25) is 10.2 Å². The number of carbonyl (C=O) groups is 1. The third kappa shape index (κ3) is 6.25. The number of hydrogen-bond donors (Lipinski definition) is 2. The molecular weight excluding hydrogens is 402 g/mol. The number of hydrogen-bond acceptors (Lipinski definition) is 5. The van der Waals surface area contributed by atoms with Crippen LogP contribution in [-0.4, -0.2) is 25.3 Å². The first-order valence-corrected chi connectivity index (χ1v) is 9.81. The van der Waals surface area contributed by atoms with Crippen LogP contribution < -0.4 is 20.2 Å². The van der Waals surface area contributed by atoms with Gasteiger partial charge in [0.05, 0.1) is 23.5 Å². The summed E-state index contributed by atoms with van der Waals surface area (Å²) in [6.45, 7) is 2.22. The van der Waals surface area contributed by atoms with Gasteiger partial charge in [-0.2, -0.15) is 5.10 Å². The van der Waals surface area contributed by atoms with Gasteiger partial charge in [0.15, 0.2) is 18.1 Å². The van der Waals surface area contributed by atoms with Crippen molar-refractivity contribution in [2.75, 3.05) is 24.0 Å². The fourth-order valence-electron chi connectivity index (χ4n) is 2.58. The lowest BCUT2D eigenvalue weighted by Crippen LogP contribution is -2.20. The first-order chi connectivity index (χ1) is 14.7. The summed E-state index contributed by atoms with van der Waals surface area (Å²) in [4.78, 5) is 12.1. The Hall–Kier alpha value is -3.51. The van der Waals surface area contributed by atoms with Gasteiger partial charge in [0.2, 0.25) is 0 Å². The Morgan fingerprint density at radius 1 is 1.00 bits per heavy atom. The van der Waals surface area contributed by atoms with E-state index in [0.717, 1.165) is 5.56 Å². The number of nitrogens with one attached hydrogen (secondary N) is 2.